The normalized spacial score (nSPS) is 49.3. The molecule has 0 aromatic rings. The van der Waals surface area contributed by atoms with Crippen LogP contribution in [0.5, 0.6) is 0 Å². The van der Waals surface area contributed by atoms with Gasteiger partial charge in [0, 0.05) is 29.6 Å². The van der Waals surface area contributed by atoms with Crippen LogP contribution >= 0.6 is 0 Å². The first kappa shape index (κ1) is 23.5. The number of aliphatic hydroxyl groups excluding tert-OH is 1. The van der Waals surface area contributed by atoms with Crippen molar-refractivity contribution in [3.8, 4) is 0 Å². The second kappa shape index (κ2) is 8.07. The molecule has 0 aliphatic heterocycles. The van der Waals surface area contributed by atoms with Gasteiger partial charge in [0.1, 0.15) is 0 Å². The summed E-state index contributed by atoms with van der Waals surface area (Å²) in [6, 6.07) is 0. The molecule has 0 amide bonds. The summed E-state index contributed by atoms with van der Waals surface area (Å²) >= 11 is 0. The average Bonchev–Trinajstić information content (AvgIpc) is 2.91. The van der Waals surface area contributed by atoms with Crippen LogP contribution in [0.2, 0.25) is 0 Å². The predicted molar refractivity (Wildman–Crippen MR) is 109 cm³/mol. The zero-order valence-corrected chi connectivity index (χ0v) is 20.7. The van der Waals surface area contributed by atoms with Gasteiger partial charge in [-0.3, -0.25) is 4.55 Å². The second-order valence-electron chi connectivity index (χ2n) is 10.5. The van der Waals surface area contributed by atoms with Crippen molar-refractivity contribution in [1.82, 2.24) is 0 Å². The molecular weight excluding hydrogens is 387 g/mol. The fourth-order valence-electron chi connectivity index (χ4n) is 8.31. The van der Waals surface area contributed by atoms with Crippen molar-refractivity contribution in [2.75, 3.05) is 0 Å². The molecule has 0 spiro atoms. The van der Waals surface area contributed by atoms with E-state index < -0.39 is 10.4 Å². The Hall–Kier alpha value is 0.830. The minimum atomic E-state index is -4.36. The molecule has 5 nitrogen and oxygen atoms in total. The van der Waals surface area contributed by atoms with E-state index in [2.05, 4.69) is 13.8 Å². The number of fused-ring (bicyclic) bond motifs is 5. The van der Waals surface area contributed by atoms with E-state index in [1.807, 2.05) is 6.92 Å². The second-order valence-corrected chi connectivity index (χ2v) is 11.6. The largest absolute Gasteiger partial charge is 0.397 e. The maximum absolute atomic E-state index is 11.1. The fraction of sp³-hybridized carbons (Fsp3) is 1.00. The summed E-state index contributed by atoms with van der Waals surface area (Å²) < 4.78 is 36.2. The molecule has 4 saturated carbocycles. The Labute approximate surface area is 192 Å². The van der Waals surface area contributed by atoms with E-state index in [-0.39, 0.29) is 52.6 Å². The van der Waals surface area contributed by atoms with Crippen LogP contribution in [0, 0.1) is 40.4 Å². The van der Waals surface area contributed by atoms with Gasteiger partial charge < -0.3 is 5.11 Å². The van der Waals surface area contributed by atoms with Crippen LogP contribution in [-0.2, 0) is 14.6 Å². The van der Waals surface area contributed by atoms with Gasteiger partial charge in [-0.2, -0.15) is 8.42 Å². The van der Waals surface area contributed by atoms with Gasteiger partial charge in [0.25, 0.3) is 0 Å². The van der Waals surface area contributed by atoms with Crippen LogP contribution in [0.25, 0.3) is 0 Å². The number of aliphatic hydroxyl groups is 1. The third kappa shape index (κ3) is 3.89. The zero-order chi connectivity index (χ0) is 19.6. The van der Waals surface area contributed by atoms with Gasteiger partial charge in [-0.15, -0.1) is 0 Å². The summed E-state index contributed by atoms with van der Waals surface area (Å²) in [7, 11) is -4.36. The quantitative estimate of drug-likeness (QED) is 0.532. The number of hydrogen-bond acceptors (Lipinski definition) is 4. The van der Waals surface area contributed by atoms with E-state index in [1.54, 1.807) is 0 Å². The molecule has 4 rings (SSSR count). The average molecular weight is 424 g/mol. The first-order valence-electron chi connectivity index (χ1n) is 10.9. The summed E-state index contributed by atoms with van der Waals surface area (Å²) in [5.74, 6) is 3.09. The molecule has 4 fully saturated rings. The van der Waals surface area contributed by atoms with Crippen molar-refractivity contribution >= 4 is 40.0 Å². The van der Waals surface area contributed by atoms with Gasteiger partial charge in [0.15, 0.2) is 0 Å². The summed E-state index contributed by atoms with van der Waals surface area (Å²) in [6.45, 7) is 6.84. The molecule has 0 aromatic carbocycles. The van der Waals surface area contributed by atoms with Crippen molar-refractivity contribution < 1.29 is 22.3 Å². The van der Waals surface area contributed by atoms with Crippen LogP contribution < -0.4 is 0 Å². The third-order valence-corrected chi connectivity index (χ3v) is 10.0. The van der Waals surface area contributed by atoms with Crippen LogP contribution in [0.4, 0.5) is 0 Å². The van der Waals surface area contributed by atoms with Gasteiger partial charge >= 0.3 is 10.4 Å². The Morgan fingerprint density at radius 3 is 2.25 bits per heavy atom. The summed E-state index contributed by atoms with van der Waals surface area (Å²) in [6.07, 6.45) is 9.08. The monoisotopic (exact) mass is 423 g/mol. The van der Waals surface area contributed by atoms with Crippen molar-refractivity contribution in [2.24, 2.45) is 40.4 Å². The maximum Gasteiger partial charge on any atom is 0.397 e. The molecule has 28 heavy (non-hydrogen) atoms. The summed E-state index contributed by atoms with van der Waals surface area (Å²) in [5, 5.41) is 10.3. The van der Waals surface area contributed by atoms with Gasteiger partial charge in [-0.25, -0.2) is 4.18 Å². The molecule has 4 aliphatic rings. The van der Waals surface area contributed by atoms with E-state index in [0.717, 1.165) is 37.5 Å². The molecule has 157 valence electrons. The standard InChI is InChI=1S/C21H36O5S.Na/c1-13(22)17-6-7-18-16-5-4-14-12-15(26-27(23,24)25)8-10-20(14,2)19(16)9-11-21(17,18)3;/h13-19,22H,4-12H2,1-3H3,(H,23,24,25);/t13-,14+,15+,16+,17-,18+,19+,20+,21-;/m1./s1. The molecule has 4 aliphatic carbocycles. The summed E-state index contributed by atoms with van der Waals surface area (Å²) in [4.78, 5) is 0. The smallest absolute Gasteiger partial charge is 0.393 e. The van der Waals surface area contributed by atoms with Gasteiger partial charge in [0.05, 0.1) is 12.2 Å². The fourth-order valence-corrected chi connectivity index (χ4v) is 8.83. The van der Waals surface area contributed by atoms with Crippen LogP contribution in [0.15, 0.2) is 0 Å². The van der Waals surface area contributed by atoms with Gasteiger partial charge in [0.2, 0.25) is 0 Å². The van der Waals surface area contributed by atoms with Crippen molar-refractivity contribution in [3.05, 3.63) is 0 Å². The van der Waals surface area contributed by atoms with E-state index >= 15 is 0 Å². The molecule has 0 heterocycles. The molecule has 9 atom stereocenters. The molecule has 1 radical (unpaired) electrons. The minimum absolute atomic E-state index is 0. The minimum Gasteiger partial charge on any atom is -0.393 e. The van der Waals surface area contributed by atoms with Crippen LogP contribution in [0.1, 0.15) is 78.6 Å². The Balaban J connectivity index is 0.00000225. The molecule has 0 aromatic heterocycles. The molecule has 2 N–H and O–H groups in total. The third-order valence-electron chi connectivity index (χ3n) is 9.53. The van der Waals surface area contributed by atoms with E-state index in [0.29, 0.717) is 24.2 Å². The Morgan fingerprint density at radius 2 is 1.61 bits per heavy atom. The summed E-state index contributed by atoms with van der Waals surface area (Å²) in [5.41, 5.74) is 0.538. The van der Waals surface area contributed by atoms with Crippen molar-refractivity contribution in [1.29, 1.82) is 0 Å². The van der Waals surface area contributed by atoms with E-state index in [4.69, 9.17) is 8.74 Å². The molecule has 0 unspecified atom stereocenters. The number of rotatable bonds is 3. The Morgan fingerprint density at radius 1 is 0.964 bits per heavy atom. The zero-order valence-electron chi connectivity index (χ0n) is 17.9. The van der Waals surface area contributed by atoms with Crippen molar-refractivity contribution in [2.45, 2.75) is 90.8 Å². The molecular formula is C21H36NaO5S. The maximum atomic E-state index is 11.1. The molecule has 0 saturated heterocycles. The molecule has 7 heteroatoms. The SMILES string of the molecule is C[C@@H](O)[C@H]1CC[C@H]2[C@@H]3CC[C@H]4C[C@@H](OS(=O)(=O)O)CC[C@]4(C)[C@H]3CC[C@]12C.[Na]. The van der Waals surface area contributed by atoms with Crippen molar-refractivity contribution in [3.63, 3.8) is 0 Å². The number of hydrogen-bond donors (Lipinski definition) is 2. The Kier molecular flexibility index (Phi) is 6.77. The van der Waals surface area contributed by atoms with E-state index in [1.165, 1.54) is 25.7 Å². The topological polar surface area (TPSA) is 83.8 Å². The Bertz CT molecular complexity index is 682. The predicted octanol–water partition coefficient (Wildman–Crippen LogP) is 3.83. The van der Waals surface area contributed by atoms with Crippen LogP contribution in [0.3, 0.4) is 0 Å². The first-order chi connectivity index (χ1) is 12.5. The van der Waals surface area contributed by atoms with Gasteiger partial charge in [-0.1, -0.05) is 13.8 Å². The van der Waals surface area contributed by atoms with Crippen LogP contribution in [-0.4, -0.2) is 59.8 Å². The molecule has 0 bridgehead atoms. The van der Waals surface area contributed by atoms with Gasteiger partial charge in [-0.05, 0) is 105 Å². The first-order valence-corrected chi connectivity index (χ1v) is 12.2. The van der Waals surface area contributed by atoms with E-state index in [9.17, 15) is 13.5 Å².